The van der Waals surface area contributed by atoms with Crippen LogP contribution in [0.3, 0.4) is 0 Å². The molecule has 0 heterocycles. The Bertz CT molecular complexity index is 1350. The summed E-state index contributed by atoms with van der Waals surface area (Å²) in [5, 5.41) is 13.9. The number of hydrogen-bond donors (Lipinski definition) is 3. The smallest absolute Gasteiger partial charge is 0.387 e. The molecule has 0 saturated carbocycles. The molecule has 69 heavy (non-hydrogen) atoms. The second-order valence-electron chi connectivity index (χ2n) is 20.6. The fourth-order valence-corrected chi connectivity index (χ4v) is 8.92. The molecule has 0 aliphatic heterocycles. The summed E-state index contributed by atoms with van der Waals surface area (Å²) < 4.78 is 23.7. The van der Waals surface area contributed by atoms with Gasteiger partial charge in [0, 0.05) is 6.42 Å². The van der Waals surface area contributed by atoms with Gasteiger partial charge in [0.05, 0.1) is 39.9 Å². The lowest BCUT2D eigenvalue weighted by molar-refractivity contribution is -0.870. The predicted molar refractivity (Wildman–Crippen MR) is 300 cm³/mol. The van der Waals surface area contributed by atoms with E-state index in [1.807, 2.05) is 27.2 Å². The van der Waals surface area contributed by atoms with Crippen molar-refractivity contribution in [3.05, 3.63) is 72.9 Å². The van der Waals surface area contributed by atoms with Crippen molar-refractivity contribution >= 4 is 13.7 Å². The first-order valence-electron chi connectivity index (χ1n) is 28.8. The van der Waals surface area contributed by atoms with Gasteiger partial charge in [-0.1, -0.05) is 254 Å². The Labute approximate surface area is 427 Å². The number of amides is 1. The van der Waals surface area contributed by atoms with Crippen LogP contribution in [0.2, 0.25) is 0 Å². The van der Waals surface area contributed by atoms with Gasteiger partial charge in [-0.3, -0.25) is 13.8 Å². The Morgan fingerprint density at radius 2 is 0.870 bits per heavy atom. The number of nitrogens with one attached hydrogen (secondary N) is 1. The van der Waals surface area contributed by atoms with Gasteiger partial charge in [0.15, 0.2) is 0 Å². The minimum atomic E-state index is -4.35. The van der Waals surface area contributed by atoms with Gasteiger partial charge in [-0.25, -0.2) is 4.57 Å². The van der Waals surface area contributed by atoms with Crippen LogP contribution in [0.4, 0.5) is 0 Å². The predicted octanol–water partition coefficient (Wildman–Crippen LogP) is 17.5. The van der Waals surface area contributed by atoms with Gasteiger partial charge >= 0.3 is 7.82 Å². The van der Waals surface area contributed by atoms with Crippen LogP contribution < -0.4 is 5.32 Å². The van der Waals surface area contributed by atoms with E-state index < -0.39 is 20.0 Å². The van der Waals surface area contributed by atoms with E-state index in [9.17, 15) is 19.4 Å². The summed E-state index contributed by atoms with van der Waals surface area (Å²) >= 11 is 0. The molecule has 0 aromatic heterocycles. The highest BCUT2D eigenvalue weighted by Crippen LogP contribution is 2.43. The molecule has 3 atom stereocenters. The fourth-order valence-electron chi connectivity index (χ4n) is 8.19. The van der Waals surface area contributed by atoms with Crippen LogP contribution in [0, 0.1) is 0 Å². The molecular formula is C60H112N2O6P+. The molecule has 0 spiro atoms. The van der Waals surface area contributed by atoms with E-state index in [1.54, 1.807) is 6.08 Å². The van der Waals surface area contributed by atoms with Crippen LogP contribution in [-0.2, 0) is 18.4 Å². The van der Waals surface area contributed by atoms with Gasteiger partial charge < -0.3 is 19.8 Å². The lowest BCUT2D eigenvalue weighted by atomic mass is 10.0. The summed E-state index contributed by atoms with van der Waals surface area (Å²) in [6.07, 6.45) is 69.9. The van der Waals surface area contributed by atoms with Crippen LogP contribution in [0.1, 0.15) is 251 Å². The van der Waals surface area contributed by atoms with Crippen molar-refractivity contribution < 1.29 is 32.9 Å². The maximum absolute atomic E-state index is 13.0. The van der Waals surface area contributed by atoms with Gasteiger partial charge in [0.25, 0.3) is 0 Å². The normalized spacial score (nSPS) is 14.5. The lowest BCUT2D eigenvalue weighted by Gasteiger charge is -2.25. The molecule has 0 aromatic carbocycles. The first-order valence-corrected chi connectivity index (χ1v) is 30.3. The zero-order chi connectivity index (χ0) is 50.6. The summed E-state index contributed by atoms with van der Waals surface area (Å²) in [4.78, 5) is 23.3. The van der Waals surface area contributed by atoms with E-state index in [4.69, 9.17) is 9.05 Å². The fraction of sp³-hybridized carbons (Fsp3) is 0.783. The molecule has 0 fully saturated rings. The lowest BCUT2D eigenvalue weighted by Crippen LogP contribution is -2.45. The molecule has 3 N–H and O–H groups in total. The summed E-state index contributed by atoms with van der Waals surface area (Å²) in [7, 11) is 1.57. The second kappa shape index (κ2) is 50.9. The Morgan fingerprint density at radius 1 is 0.507 bits per heavy atom. The average Bonchev–Trinajstić information content (AvgIpc) is 3.31. The third-order valence-electron chi connectivity index (χ3n) is 12.7. The number of likely N-dealkylation sites (N-methyl/N-ethyl adjacent to an activating group) is 1. The number of carbonyl (C=O) groups is 1. The number of phosphoric ester groups is 1. The Balaban J connectivity index is 4.22. The van der Waals surface area contributed by atoms with Crippen LogP contribution in [0.25, 0.3) is 0 Å². The number of unbranched alkanes of at least 4 members (excludes halogenated alkanes) is 29. The quantitative estimate of drug-likeness (QED) is 0.0243. The third-order valence-corrected chi connectivity index (χ3v) is 13.7. The molecule has 1 amide bonds. The van der Waals surface area contributed by atoms with Gasteiger partial charge in [0.1, 0.15) is 13.2 Å². The molecular weight excluding hydrogens is 876 g/mol. The molecule has 0 rings (SSSR count). The SMILES string of the molecule is CC/C=C\C/C=C\C/C=C\C/C=C\C/C=C\CCCCCCCCCCCCCC(=O)NC(COP(=O)(O)OCC[N+](C)(C)C)C(O)/C=C/CCCCCCCCCCCCCCCCCCCC. The van der Waals surface area contributed by atoms with Gasteiger partial charge in [0.2, 0.25) is 5.91 Å². The monoisotopic (exact) mass is 988 g/mol. The number of nitrogens with zero attached hydrogens (tertiary/aromatic N) is 1. The van der Waals surface area contributed by atoms with Gasteiger partial charge in [-0.15, -0.1) is 0 Å². The van der Waals surface area contributed by atoms with Crippen LogP contribution >= 0.6 is 7.82 Å². The number of quaternary nitrogens is 1. The molecule has 0 aromatic rings. The molecule has 0 bridgehead atoms. The van der Waals surface area contributed by atoms with Crippen molar-refractivity contribution in [1.82, 2.24) is 5.32 Å². The Hall–Kier alpha value is -2.06. The minimum Gasteiger partial charge on any atom is -0.387 e. The molecule has 0 aliphatic rings. The molecule has 3 unspecified atom stereocenters. The maximum atomic E-state index is 13.0. The van der Waals surface area contributed by atoms with Gasteiger partial charge in [-0.2, -0.15) is 0 Å². The number of aliphatic hydroxyl groups excluding tert-OH is 1. The number of aliphatic hydroxyl groups is 1. The molecule has 0 aliphatic carbocycles. The Morgan fingerprint density at radius 3 is 1.28 bits per heavy atom. The molecule has 0 radical (unpaired) electrons. The van der Waals surface area contributed by atoms with E-state index in [0.29, 0.717) is 17.4 Å². The molecule has 8 nitrogen and oxygen atoms in total. The number of rotatable bonds is 52. The van der Waals surface area contributed by atoms with Crippen molar-refractivity contribution in [1.29, 1.82) is 0 Å². The number of hydrogen-bond acceptors (Lipinski definition) is 5. The van der Waals surface area contributed by atoms with Crippen LogP contribution in [0.5, 0.6) is 0 Å². The average molecular weight is 989 g/mol. The zero-order valence-electron chi connectivity index (χ0n) is 45.8. The largest absolute Gasteiger partial charge is 0.472 e. The van der Waals surface area contributed by atoms with E-state index in [0.717, 1.165) is 70.6 Å². The van der Waals surface area contributed by atoms with Crippen LogP contribution in [0.15, 0.2) is 72.9 Å². The van der Waals surface area contributed by atoms with Crippen molar-refractivity contribution in [2.75, 3.05) is 40.9 Å². The molecule has 9 heteroatoms. The number of allylic oxidation sites excluding steroid dienone is 11. The molecule has 0 saturated heterocycles. The van der Waals surface area contributed by atoms with E-state index >= 15 is 0 Å². The van der Waals surface area contributed by atoms with E-state index in [2.05, 4.69) is 79.9 Å². The highest BCUT2D eigenvalue weighted by molar-refractivity contribution is 7.47. The van der Waals surface area contributed by atoms with Crippen molar-refractivity contribution in [3.63, 3.8) is 0 Å². The van der Waals surface area contributed by atoms with Gasteiger partial charge in [-0.05, 0) is 64.2 Å². The summed E-state index contributed by atoms with van der Waals surface area (Å²) in [6, 6.07) is -0.852. The van der Waals surface area contributed by atoms with E-state index in [1.165, 1.54) is 161 Å². The second-order valence-corrected chi connectivity index (χ2v) is 22.1. The van der Waals surface area contributed by atoms with Crippen molar-refractivity contribution in [3.8, 4) is 0 Å². The highest BCUT2D eigenvalue weighted by atomic mass is 31.2. The number of carbonyl (C=O) groups excluding carboxylic acids is 1. The minimum absolute atomic E-state index is 0.0587. The summed E-state index contributed by atoms with van der Waals surface area (Å²) in [5.74, 6) is -0.181. The van der Waals surface area contributed by atoms with Crippen LogP contribution in [-0.4, -0.2) is 73.4 Å². The van der Waals surface area contributed by atoms with E-state index in [-0.39, 0.29) is 19.1 Å². The maximum Gasteiger partial charge on any atom is 0.472 e. The summed E-state index contributed by atoms with van der Waals surface area (Å²) in [5.41, 5.74) is 0. The first kappa shape index (κ1) is 66.9. The summed E-state index contributed by atoms with van der Waals surface area (Å²) in [6.45, 7) is 4.72. The molecule has 402 valence electrons. The Kier molecular flexibility index (Phi) is 49.3. The third kappa shape index (κ3) is 53.6. The zero-order valence-corrected chi connectivity index (χ0v) is 46.7. The highest BCUT2D eigenvalue weighted by Gasteiger charge is 2.27. The standard InChI is InChI=1S/C60H111N2O6P/c1-6-8-10-12-14-16-18-20-22-24-26-28-29-30-31-32-33-34-36-38-40-42-44-46-48-50-52-54-60(64)61-58(57-68-69(65,66)67-56-55-62(3,4)5)59(63)53-51-49-47-45-43-41-39-37-35-27-25-23-21-19-17-15-13-11-9-7-2/h8,10,14,16,20,22,26,28,30-31,51,53,58-59,63H,6-7,9,11-13,15,17-19,21,23-25,27,29,32-50,52,54-57H2,1-5H3,(H-,61,64,65,66)/p+1/b10-8-,16-14-,22-20-,28-26-,31-30-,53-51+. The van der Waals surface area contributed by atoms with Crippen molar-refractivity contribution in [2.24, 2.45) is 0 Å². The number of phosphoric acid groups is 1. The van der Waals surface area contributed by atoms with Crippen molar-refractivity contribution in [2.45, 2.75) is 264 Å². The first-order chi connectivity index (χ1) is 33.5. The topological polar surface area (TPSA) is 105 Å².